The molecule has 4 heteroatoms. The third-order valence-corrected chi connectivity index (χ3v) is 4.70. The van der Waals surface area contributed by atoms with Crippen LogP contribution in [-0.2, 0) is 9.47 Å². The van der Waals surface area contributed by atoms with E-state index in [2.05, 4.69) is 17.4 Å². The van der Waals surface area contributed by atoms with Crippen LogP contribution in [0.5, 0.6) is 5.75 Å². The molecule has 1 spiro atoms. The van der Waals surface area contributed by atoms with E-state index < -0.39 is 0 Å². The Morgan fingerprint density at radius 1 is 1.05 bits per heavy atom. The molecule has 1 saturated heterocycles. The largest absolute Gasteiger partial charge is 0.491 e. The van der Waals surface area contributed by atoms with Gasteiger partial charge in [-0.05, 0) is 18.9 Å². The maximum Gasteiger partial charge on any atom is 0.168 e. The molecule has 4 rings (SSSR count). The third-order valence-electron chi connectivity index (χ3n) is 4.70. The van der Waals surface area contributed by atoms with Gasteiger partial charge in [-0.3, -0.25) is 0 Å². The molecule has 108 valence electrons. The Kier molecular flexibility index (Phi) is 3.17. The van der Waals surface area contributed by atoms with Crippen molar-refractivity contribution >= 4 is 0 Å². The van der Waals surface area contributed by atoms with Crippen LogP contribution < -0.4 is 10.1 Å². The number of hydrogen-bond donors (Lipinski definition) is 1. The molecule has 1 aliphatic carbocycles. The van der Waals surface area contributed by atoms with Crippen LogP contribution in [0.15, 0.2) is 24.3 Å². The van der Waals surface area contributed by atoms with E-state index in [-0.39, 0.29) is 5.79 Å². The SMILES string of the molecule is c1ccc2c(c1)OCC2NC1CCC2(CC1)OCCO2. The minimum Gasteiger partial charge on any atom is -0.491 e. The van der Waals surface area contributed by atoms with E-state index in [9.17, 15) is 0 Å². The molecule has 0 aromatic heterocycles. The first-order valence-corrected chi connectivity index (χ1v) is 7.60. The molecule has 1 N–H and O–H groups in total. The Labute approximate surface area is 119 Å². The first-order valence-electron chi connectivity index (χ1n) is 7.60. The lowest BCUT2D eigenvalue weighted by Gasteiger charge is -2.36. The average Bonchev–Trinajstić information content (AvgIpc) is 3.10. The molecule has 1 saturated carbocycles. The summed E-state index contributed by atoms with van der Waals surface area (Å²) in [5.41, 5.74) is 1.29. The van der Waals surface area contributed by atoms with Gasteiger partial charge in [0.25, 0.3) is 0 Å². The number of nitrogens with one attached hydrogen (secondary N) is 1. The quantitative estimate of drug-likeness (QED) is 0.899. The molecule has 1 unspecified atom stereocenters. The molecule has 1 atom stereocenters. The lowest BCUT2D eigenvalue weighted by atomic mass is 9.89. The van der Waals surface area contributed by atoms with Gasteiger partial charge in [0.2, 0.25) is 0 Å². The monoisotopic (exact) mass is 275 g/mol. The van der Waals surface area contributed by atoms with Crippen LogP contribution in [-0.4, -0.2) is 31.6 Å². The van der Waals surface area contributed by atoms with Crippen molar-refractivity contribution in [3.63, 3.8) is 0 Å². The molecule has 2 fully saturated rings. The summed E-state index contributed by atoms with van der Waals surface area (Å²) in [5, 5.41) is 3.74. The van der Waals surface area contributed by atoms with Crippen molar-refractivity contribution in [2.24, 2.45) is 0 Å². The predicted molar refractivity (Wildman–Crippen MR) is 74.7 cm³/mol. The topological polar surface area (TPSA) is 39.7 Å². The average molecular weight is 275 g/mol. The number of ether oxygens (including phenoxy) is 3. The first-order chi connectivity index (χ1) is 9.85. The fraction of sp³-hybridized carbons (Fsp3) is 0.625. The number of hydrogen-bond acceptors (Lipinski definition) is 4. The van der Waals surface area contributed by atoms with E-state index >= 15 is 0 Å². The van der Waals surface area contributed by atoms with Crippen molar-refractivity contribution in [3.8, 4) is 5.75 Å². The summed E-state index contributed by atoms with van der Waals surface area (Å²) in [6.07, 6.45) is 4.22. The van der Waals surface area contributed by atoms with E-state index in [0.717, 1.165) is 51.3 Å². The van der Waals surface area contributed by atoms with Crippen LogP contribution in [0.25, 0.3) is 0 Å². The van der Waals surface area contributed by atoms with Crippen molar-refractivity contribution in [1.82, 2.24) is 5.32 Å². The zero-order valence-corrected chi connectivity index (χ0v) is 11.6. The Hall–Kier alpha value is -1.10. The van der Waals surface area contributed by atoms with Gasteiger partial charge < -0.3 is 19.5 Å². The van der Waals surface area contributed by atoms with Crippen LogP contribution in [0.2, 0.25) is 0 Å². The van der Waals surface area contributed by atoms with Crippen molar-refractivity contribution < 1.29 is 14.2 Å². The van der Waals surface area contributed by atoms with Crippen LogP contribution in [0.3, 0.4) is 0 Å². The van der Waals surface area contributed by atoms with E-state index in [1.165, 1.54) is 5.56 Å². The van der Waals surface area contributed by atoms with Gasteiger partial charge in [0.05, 0.1) is 19.3 Å². The Balaban J connectivity index is 1.37. The normalized spacial score (nSPS) is 28.5. The Morgan fingerprint density at radius 3 is 2.60 bits per heavy atom. The lowest BCUT2D eigenvalue weighted by Crippen LogP contribution is -2.43. The van der Waals surface area contributed by atoms with E-state index in [4.69, 9.17) is 14.2 Å². The maximum absolute atomic E-state index is 5.78. The summed E-state index contributed by atoms with van der Waals surface area (Å²) in [4.78, 5) is 0. The summed E-state index contributed by atoms with van der Waals surface area (Å²) in [5.74, 6) is 0.766. The Morgan fingerprint density at radius 2 is 1.80 bits per heavy atom. The smallest absolute Gasteiger partial charge is 0.168 e. The van der Waals surface area contributed by atoms with Gasteiger partial charge in [0.15, 0.2) is 5.79 Å². The van der Waals surface area contributed by atoms with Crippen LogP contribution in [0.1, 0.15) is 37.3 Å². The highest BCUT2D eigenvalue weighted by Crippen LogP contribution is 2.38. The van der Waals surface area contributed by atoms with Crippen LogP contribution in [0, 0.1) is 0 Å². The molecule has 2 aliphatic heterocycles. The molecule has 4 nitrogen and oxygen atoms in total. The second-order valence-corrected chi connectivity index (χ2v) is 5.95. The van der Waals surface area contributed by atoms with Gasteiger partial charge in [-0.15, -0.1) is 0 Å². The zero-order chi connectivity index (χ0) is 13.4. The summed E-state index contributed by atoms with van der Waals surface area (Å²) < 4.78 is 17.3. The molecule has 0 amide bonds. The van der Waals surface area contributed by atoms with Gasteiger partial charge in [0.1, 0.15) is 12.4 Å². The van der Waals surface area contributed by atoms with E-state index in [1.54, 1.807) is 0 Å². The van der Waals surface area contributed by atoms with E-state index in [0.29, 0.717) is 12.1 Å². The van der Waals surface area contributed by atoms with Crippen molar-refractivity contribution in [2.45, 2.75) is 43.6 Å². The molecule has 2 heterocycles. The molecule has 20 heavy (non-hydrogen) atoms. The number of rotatable bonds is 2. The van der Waals surface area contributed by atoms with Gasteiger partial charge >= 0.3 is 0 Å². The minimum atomic E-state index is -0.262. The third kappa shape index (κ3) is 2.22. The molecule has 3 aliphatic rings. The molecule has 1 aromatic rings. The summed E-state index contributed by atoms with van der Waals surface area (Å²) in [6.45, 7) is 2.25. The standard InChI is InChI=1S/C16H21NO3/c1-2-4-15-13(3-1)14(11-18-15)17-12-5-7-16(8-6-12)19-9-10-20-16/h1-4,12,14,17H,5-11H2. The molecular formula is C16H21NO3. The van der Waals surface area contributed by atoms with Gasteiger partial charge in [-0.1, -0.05) is 18.2 Å². The van der Waals surface area contributed by atoms with Crippen molar-refractivity contribution in [1.29, 1.82) is 0 Å². The second kappa shape index (κ2) is 5.02. The fourth-order valence-electron chi connectivity index (χ4n) is 3.60. The highest BCUT2D eigenvalue weighted by molar-refractivity contribution is 5.39. The van der Waals surface area contributed by atoms with Crippen molar-refractivity contribution in [3.05, 3.63) is 29.8 Å². The predicted octanol–water partition coefficient (Wildman–Crippen LogP) is 2.40. The van der Waals surface area contributed by atoms with Crippen LogP contribution >= 0.6 is 0 Å². The summed E-state index contributed by atoms with van der Waals surface area (Å²) >= 11 is 0. The van der Waals surface area contributed by atoms with Crippen molar-refractivity contribution in [2.75, 3.05) is 19.8 Å². The molecule has 1 aromatic carbocycles. The minimum absolute atomic E-state index is 0.262. The van der Waals surface area contributed by atoms with Gasteiger partial charge in [-0.25, -0.2) is 0 Å². The summed E-state index contributed by atoms with van der Waals surface area (Å²) in [7, 11) is 0. The van der Waals surface area contributed by atoms with E-state index in [1.807, 2.05) is 12.1 Å². The second-order valence-electron chi connectivity index (χ2n) is 5.95. The summed E-state index contributed by atoms with van der Waals surface area (Å²) in [6, 6.07) is 9.18. The molecule has 0 bridgehead atoms. The lowest BCUT2D eigenvalue weighted by molar-refractivity contribution is -0.179. The number of para-hydroxylation sites is 1. The highest BCUT2D eigenvalue weighted by Gasteiger charge is 2.41. The number of fused-ring (bicyclic) bond motifs is 1. The first kappa shape index (κ1) is 12.6. The Bertz CT molecular complexity index is 474. The molecule has 0 radical (unpaired) electrons. The fourth-order valence-corrected chi connectivity index (χ4v) is 3.60. The molecular weight excluding hydrogens is 254 g/mol. The van der Waals surface area contributed by atoms with Crippen LogP contribution in [0.4, 0.5) is 0 Å². The zero-order valence-electron chi connectivity index (χ0n) is 11.6. The van der Waals surface area contributed by atoms with Gasteiger partial charge in [0, 0.05) is 24.4 Å². The highest BCUT2D eigenvalue weighted by atomic mass is 16.7. The van der Waals surface area contributed by atoms with Gasteiger partial charge in [-0.2, -0.15) is 0 Å². The maximum atomic E-state index is 5.78. The number of benzene rings is 1.